The van der Waals surface area contributed by atoms with Crippen LogP contribution in [0.25, 0.3) is 27.8 Å². The van der Waals surface area contributed by atoms with Crippen LogP contribution < -0.4 is 10.6 Å². The Hall–Kier alpha value is -3.37. The van der Waals surface area contributed by atoms with Gasteiger partial charge in [0.15, 0.2) is 5.82 Å². The molecule has 5 rings (SSSR count). The maximum absolute atomic E-state index is 14.8. The third kappa shape index (κ3) is 4.31. The van der Waals surface area contributed by atoms with Crippen LogP contribution in [0.5, 0.6) is 0 Å². The van der Waals surface area contributed by atoms with Gasteiger partial charge in [-0.3, -0.25) is 9.88 Å². The third-order valence-corrected chi connectivity index (χ3v) is 6.03. The van der Waals surface area contributed by atoms with Gasteiger partial charge in [0.2, 0.25) is 5.95 Å². The van der Waals surface area contributed by atoms with E-state index in [9.17, 15) is 4.39 Å². The second-order valence-electron chi connectivity index (χ2n) is 8.14. The highest BCUT2D eigenvalue weighted by molar-refractivity contribution is 5.89. The van der Waals surface area contributed by atoms with Crippen LogP contribution in [-0.4, -0.2) is 82.1 Å². The van der Waals surface area contributed by atoms with Crippen molar-refractivity contribution < 1.29 is 9.13 Å². The van der Waals surface area contributed by atoms with Crippen molar-refractivity contribution in [3.63, 3.8) is 0 Å². The molecule has 0 saturated carbocycles. The topological polar surface area (TPSA) is 92.5 Å². The average molecular weight is 451 g/mol. The van der Waals surface area contributed by atoms with Crippen molar-refractivity contribution in [3.05, 3.63) is 42.7 Å². The van der Waals surface area contributed by atoms with Crippen LogP contribution >= 0.6 is 0 Å². The summed E-state index contributed by atoms with van der Waals surface area (Å²) in [6.45, 7) is 2.52. The molecular formula is C23H27FN8O. The lowest BCUT2D eigenvalue weighted by Crippen LogP contribution is -2.48. The van der Waals surface area contributed by atoms with Crippen molar-refractivity contribution in [1.82, 2.24) is 29.5 Å². The van der Waals surface area contributed by atoms with Gasteiger partial charge in [-0.25, -0.2) is 13.9 Å². The molecule has 1 saturated heterocycles. The Kier molecular flexibility index (Phi) is 6.01. The van der Waals surface area contributed by atoms with Gasteiger partial charge in [-0.1, -0.05) is 0 Å². The molecule has 10 heteroatoms. The van der Waals surface area contributed by atoms with Crippen molar-refractivity contribution in [2.45, 2.75) is 18.6 Å². The van der Waals surface area contributed by atoms with Gasteiger partial charge in [-0.05, 0) is 36.8 Å². The van der Waals surface area contributed by atoms with Gasteiger partial charge in [0.25, 0.3) is 0 Å². The maximum Gasteiger partial charge on any atom is 0.243 e. The van der Waals surface area contributed by atoms with Crippen molar-refractivity contribution in [3.8, 4) is 11.3 Å². The zero-order valence-corrected chi connectivity index (χ0v) is 18.7. The summed E-state index contributed by atoms with van der Waals surface area (Å²) in [6.07, 6.45) is 3.29. The number of piperidine rings is 1. The molecule has 0 aliphatic carbocycles. The number of likely N-dealkylation sites (tertiary alicyclic amines) is 1. The number of aromatic nitrogens is 5. The summed E-state index contributed by atoms with van der Waals surface area (Å²) in [5, 5.41) is 11.0. The van der Waals surface area contributed by atoms with E-state index in [1.54, 1.807) is 17.8 Å². The quantitative estimate of drug-likeness (QED) is 0.444. The summed E-state index contributed by atoms with van der Waals surface area (Å²) < 4.78 is 21.7. The third-order valence-electron chi connectivity index (χ3n) is 6.03. The fourth-order valence-corrected chi connectivity index (χ4v) is 4.29. The molecule has 5 heterocycles. The number of rotatable bonds is 7. The second-order valence-corrected chi connectivity index (χ2v) is 8.14. The Morgan fingerprint density at radius 3 is 2.91 bits per heavy atom. The molecule has 0 aromatic carbocycles. The van der Waals surface area contributed by atoms with E-state index in [0.29, 0.717) is 31.3 Å². The van der Waals surface area contributed by atoms with Gasteiger partial charge in [-0.2, -0.15) is 4.98 Å². The molecule has 0 bridgehead atoms. The van der Waals surface area contributed by atoms with Crippen LogP contribution in [0.4, 0.5) is 16.2 Å². The lowest BCUT2D eigenvalue weighted by Gasteiger charge is -2.34. The monoisotopic (exact) mass is 450 g/mol. The molecule has 1 fully saturated rings. The molecule has 33 heavy (non-hydrogen) atoms. The lowest BCUT2D eigenvalue weighted by molar-refractivity contribution is 0.0918. The molecule has 9 nitrogen and oxygen atoms in total. The van der Waals surface area contributed by atoms with Crippen molar-refractivity contribution in [1.29, 1.82) is 0 Å². The van der Waals surface area contributed by atoms with Crippen LogP contribution in [-0.2, 0) is 4.74 Å². The summed E-state index contributed by atoms with van der Waals surface area (Å²) in [4.78, 5) is 15.8. The van der Waals surface area contributed by atoms with Crippen LogP contribution in [0.15, 0.2) is 42.7 Å². The van der Waals surface area contributed by atoms with Gasteiger partial charge in [-0.15, -0.1) is 5.10 Å². The van der Waals surface area contributed by atoms with E-state index in [2.05, 4.69) is 30.6 Å². The minimum absolute atomic E-state index is 0.337. The van der Waals surface area contributed by atoms with Gasteiger partial charge in [0.1, 0.15) is 11.7 Å². The Morgan fingerprint density at radius 1 is 1.18 bits per heavy atom. The first-order valence-corrected chi connectivity index (χ1v) is 11.1. The number of pyridine rings is 2. The van der Waals surface area contributed by atoms with Crippen molar-refractivity contribution in [2.75, 3.05) is 51.0 Å². The van der Waals surface area contributed by atoms with E-state index < -0.39 is 6.17 Å². The minimum atomic E-state index is -1.01. The first kappa shape index (κ1) is 21.5. The van der Waals surface area contributed by atoms with Crippen molar-refractivity contribution in [2.24, 2.45) is 0 Å². The molecule has 0 amide bonds. The number of hydrogen-bond acceptors (Lipinski definition) is 8. The first-order chi connectivity index (χ1) is 16.2. The van der Waals surface area contributed by atoms with Crippen LogP contribution in [0.2, 0.25) is 0 Å². The summed E-state index contributed by atoms with van der Waals surface area (Å²) in [7, 11) is 3.47. The summed E-state index contributed by atoms with van der Waals surface area (Å²) in [5.74, 6) is 1.04. The minimum Gasteiger partial charge on any atom is -0.383 e. The van der Waals surface area contributed by atoms with Crippen LogP contribution in [0.3, 0.4) is 0 Å². The zero-order valence-electron chi connectivity index (χ0n) is 18.7. The molecular weight excluding hydrogens is 423 g/mol. The molecule has 172 valence electrons. The predicted octanol–water partition coefficient (Wildman–Crippen LogP) is 2.85. The molecule has 4 aromatic heterocycles. The van der Waals surface area contributed by atoms with E-state index in [0.717, 1.165) is 40.9 Å². The predicted molar refractivity (Wildman–Crippen MR) is 126 cm³/mol. The SMILES string of the molecule is CNc1nc(N[C@@H]2CCN(CCOC)C[C@@H]2F)nn2ccc(-c3ccc4ncccc4n3)c12. The number of fused-ring (bicyclic) bond motifs is 2. The number of anilines is 2. The van der Waals surface area contributed by atoms with Gasteiger partial charge < -0.3 is 15.4 Å². The number of ether oxygens (including phenoxy) is 1. The number of hydrogen-bond donors (Lipinski definition) is 2. The van der Waals surface area contributed by atoms with E-state index in [1.807, 2.05) is 43.6 Å². The van der Waals surface area contributed by atoms with E-state index in [4.69, 9.17) is 9.72 Å². The molecule has 0 spiro atoms. The Bertz CT molecular complexity index is 1260. The number of methoxy groups -OCH3 is 1. The fraction of sp³-hybridized carbons (Fsp3) is 0.391. The van der Waals surface area contributed by atoms with Crippen LogP contribution in [0, 0.1) is 0 Å². The average Bonchev–Trinajstić information content (AvgIpc) is 3.27. The second kappa shape index (κ2) is 9.24. The summed E-state index contributed by atoms with van der Waals surface area (Å²) in [6, 6.07) is 9.34. The lowest BCUT2D eigenvalue weighted by atomic mass is 10.0. The Labute approximate surface area is 191 Å². The number of alkyl halides is 1. The number of halogens is 1. The zero-order chi connectivity index (χ0) is 22.8. The normalized spacial score (nSPS) is 19.2. The highest BCUT2D eigenvalue weighted by Gasteiger charge is 2.30. The van der Waals surface area contributed by atoms with E-state index >= 15 is 0 Å². The Balaban J connectivity index is 1.41. The first-order valence-electron chi connectivity index (χ1n) is 11.1. The summed E-state index contributed by atoms with van der Waals surface area (Å²) in [5.41, 5.74) is 4.20. The smallest absolute Gasteiger partial charge is 0.243 e. The van der Waals surface area contributed by atoms with E-state index in [1.165, 1.54) is 0 Å². The maximum atomic E-state index is 14.8. The summed E-state index contributed by atoms with van der Waals surface area (Å²) >= 11 is 0. The Morgan fingerprint density at radius 2 is 2.09 bits per heavy atom. The number of nitrogens with one attached hydrogen (secondary N) is 2. The van der Waals surface area contributed by atoms with Crippen molar-refractivity contribution >= 4 is 28.3 Å². The van der Waals surface area contributed by atoms with E-state index in [-0.39, 0.29) is 6.04 Å². The standard InChI is InChI=1S/C23H27FN8O/c1-25-22-21-15(17-5-6-19-20(27-17)4-3-9-26-19)7-11-32(21)30-23(29-22)28-18-8-10-31(12-13-33-2)14-16(18)24/h3-7,9,11,16,18H,8,10,12-14H2,1-2H3,(H2,25,28,29,30)/t16-,18+/m0/s1. The molecule has 0 unspecified atom stereocenters. The highest BCUT2D eigenvalue weighted by atomic mass is 19.1. The number of nitrogens with zero attached hydrogens (tertiary/aromatic N) is 6. The van der Waals surface area contributed by atoms with Gasteiger partial charge >= 0.3 is 0 Å². The van der Waals surface area contributed by atoms with Gasteiger partial charge in [0.05, 0.1) is 29.4 Å². The molecule has 1 aliphatic rings. The van der Waals surface area contributed by atoms with Crippen LogP contribution in [0.1, 0.15) is 6.42 Å². The molecule has 2 atom stereocenters. The molecule has 1 aliphatic heterocycles. The van der Waals surface area contributed by atoms with Gasteiger partial charge in [0, 0.05) is 51.7 Å². The molecule has 2 N–H and O–H groups in total. The molecule has 0 radical (unpaired) electrons. The molecule has 4 aromatic rings. The highest BCUT2D eigenvalue weighted by Crippen LogP contribution is 2.30. The fourth-order valence-electron chi connectivity index (χ4n) is 4.29. The largest absolute Gasteiger partial charge is 0.383 e.